The van der Waals surface area contributed by atoms with Gasteiger partial charge in [0.2, 0.25) is 0 Å². The number of aliphatic hydroxyl groups excluding tert-OH is 1. The summed E-state index contributed by atoms with van der Waals surface area (Å²) < 4.78 is 4.80. The van der Waals surface area contributed by atoms with Crippen molar-refractivity contribution in [3.05, 3.63) is 30.6 Å². The van der Waals surface area contributed by atoms with E-state index >= 15 is 0 Å². The Kier molecular flexibility index (Phi) is 5.31. The lowest BCUT2D eigenvalue weighted by atomic mass is 10.2. The number of benzene rings is 1. The van der Waals surface area contributed by atoms with Gasteiger partial charge in [0.05, 0.1) is 24.6 Å². The molecule has 1 aromatic carbocycles. The molecular formula is C14H16N2O3S. The first-order valence-electron chi connectivity index (χ1n) is 6.37. The van der Waals surface area contributed by atoms with Crippen LogP contribution in [-0.2, 0) is 9.53 Å². The first-order chi connectivity index (χ1) is 9.70. The molecule has 0 fully saturated rings. The van der Waals surface area contributed by atoms with Crippen molar-refractivity contribution in [3.63, 3.8) is 0 Å². The average molecular weight is 292 g/mol. The predicted molar refractivity (Wildman–Crippen MR) is 77.5 cm³/mol. The van der Waals surface area contributed by atoms with Crippen LogP contribution >= 0.6 is 11.8 Å². The van der Waals surface area contributed by atoms with Crippen molar-refractivity contribution in [1.82, 2.24) is 9.97 Å². The molecule has 2 aromatic rings. The second-order valence-electron chi connectivity index (χ2n) is 4.17. The molecule has 0 aliphatic carbocycles. The first kappa shape index (κ1) is 14.7. The molecule has 0 bridgehead atoms. The third kappa shape index (κ3) is 3.91. The van der Waals surface area contributed by atoms with E-state index in [1.807, 2.05) is 24.3 Å². The summed E-state index contributed by atoms with van der Waals surface area (Å²) in [5.74, 6) is 0.00737. The van der Waals surface area contributed by atoms with Gasteiger partial charge in [-0.05, 0) is 13.0 Å². The zero-order chi connectivity index (χ0) is 14.4. The topological polar surface area (TPSA) is 72.3 Å². The lowest BCUT2D eigenvalue weighted by Crippen LogP contribution is -2.18. The molecule has 0 saturated heterocycles. The summed E-state index contributed by atoms with van der Waals surface area (Å²) in [6.07, 6.45) is 0.763. The second kappa shape index (κ2) is 7.21. The molecule has 6 heteroatoms. The van der Waals surface area contributed by atoms with Gasteiger partial charge >= 0.3 is 5.97 Å². The number of carbonyl (C=O) groups excluding carboxylic acids is 1. The number of hydrogen-bond donors (Lipinski definition) is 1. The maximum atomic E-state index is 11.3. The summed E-state index contributed by atoms with van der Waals surface area (Å²) in [6.45, 7) is 2.07. The minimum atomic E-state index is -0.743. The Morgan fingerprint density at radius 1 is 1.40 bits per heavy atom. The van der Waals surface area contributed by atoms with E-state index in [1.54, 1.807) is 6.92 Å². The lowest BCUT2D eigenvalue weighted by Gasteiger charge is -2.10. The molecular weight excluding hydrogens is 276 g/mol. The number of ether oxygens (including phenoxy) is 1. The van der Waals surface area contributed by atoms with Gasteiger partial charge in [-0.3, -0.25) is 4.79 Å². The second-order valence-corrected chi connectivity index (χ2v) is 5.18. The molecule has 1 atom stereocenters. The van der Waals surface area contributed by atoms with Gasteiger partial charge in [0.25, 0.3) is 0 Å². The number of thioether (sulfide) groups is 1. The van der Waals surface area contributed by atoms with Crippen molar-refractivity contribution >= 4 is 28.6 Å². The molecule has 2 rings (SSSR count). The number of aromatic nitrogens is 2. The van der Waals surface area contributed by atoms with Gasteiger partial charge in [-0.15, -0.1) is 11.8 Å². The highest BCUT2D eigenvalue weighted by Gasteiger charge is 2.13. The number of fused-ring (bicyclic) bond motifs is 1. The van der Waals surface area contributed by atoms with E-state index < -0.39 is 6.10 Å². The zero-order valence-corrected chi connectivity index (χ0v) is 12.0. The monoisotopic (exact) mass is 292 g/mol. The van der Waals surface area contributed by atoms with Gasteiger partial charge in [-0.2, -0.15) is 0 Å². The Hall–Kier alpha value is -1.66. The zero-order valence-electron chi connectivity index (χ0n) is 11.2. The van der Waals surface area contributed by atoms with Crippen molar-refractivity contribution in [1.29, 1.82) is 0 Å². The van der Waals surface area contributed by atoms with Gasteiger partial charge in [0, 0.05) is 11.1 Å². The summed E-state index contributed by atoms with van der Waals surface area (Å²) in [7, 11) is 0. The molecule has 20 heavy (non-hydrogen) atoms. The van der Waals surface area contributed by atoms with E-state index in [-0.39, 0.29) is 12.4 Å². The van der Waals surface area contributed by atoms with Gasteiger partial charge in [0.15, 0.2) is 0 Å². The molecule has 1 unspecified atom stereocenters. The first-order valence-corrected chi connectivity index (χ1v) is 7.35. The van der Waals surface area contributed by atoms with E-state index in [4.69, 9.17) is 4.74 Å². The summed E-state index contributed by atoms with van der Waals surface area (Å²) >= 11 is 1.41. The van der Waals surface area contributed by atoms with Crippen LogP contribution in [0.2, 0.25) is 0 Å². The number of rotatable bonds is 6. The van der Waals surface area contributed by atoms with E-state index in [2.05, 4.69) is 9.97 Å². The Bertz CT molecular complexity index is 586. The number of aliphatic hydroxyl groups is 1. The Morgan fingerprint density at radius 2 is 2.20 bits per heavy atom. The standard InChI is InChI=1S/C14H16N2O3S/c1-2-19-13(18)7-10(17)8-20-14-11-5-3-4-6-12(11)15-9-16-14/h3-6,9-10,17H,2,7-8H2,1H3. The number of para-hydroxylation sites is 1. The van der Waals surface area contributed by atoms with E-state index in [1.165, 1.54) is 18.1 Å². The van der Waals surface area contributed by atoms with E-state index in [0.717, 1.165) is 15.9 Å². The van der Waals surface area contributed by atoms with Crippen LogP contribution in [0, 0.1) is 0 Å². The molecule has 1 heterocycles. The predicted octanol–water partition coefficient (Wildman–Crippen LogP) is 2.04. The van der Waals surface area contributed by atoms with Crippen LogP contribution in [0.15, 0.2) is 35.6 Å². The summed E-state index contributed by atoms with van der Waals surface area (Å²) in [5.41, 5.74) is 0.866. The lowest BCUT2D eigenvalue weighted by molar-refractivity contribution is -0.144. The SMILES string of the molecule is CCOC(=O)CC(O)CSc1ncnc2ccccc12. The molecule has 0 saturated carbocycles. The van der Waals surface area contributed by atoms with Gasteiger partial charge in [-0.25, -0.2) is 9.97 Å². The molecule has 0 amide bonds. The number of nitrogens with zero attached hydrogens (tertiary/aromatic N) is 2. The Balaban J connectivity index is 1.97. The molecule has 5 nitrogen and oxygen atoms in total. The molecule has 0 spiro atoms. The Labute approximate surface area is 121 Å². The van der Waals surface area contributed by atoms with Crippen molar-refractivity contribution in [2.24, 2.45) is 0 Å². The summed E-state index contributed by atoms with van der Waals surface area (Å²) in [6, 6.07) is 7.69. The van der Waals surface area contributed by atoms with Crippen molar-refractivity contribution in [2.45, 2.75) is 24.5 Å². The van der Waals surface area contributed by atoms with Crippen LogP contribution in [0.4, 0.5) is 0 Å². The van der Waals surface area contributed by atoms with Crippen molar-refractivity contribution in [3.8, 4) is 0 Å². The quantitative estimate of drug-likeness (QED) is 0.499. The molecule has 0 aliphatic heterocycles. The maximum Gasteiger partial charge on any atom is 0.308 e. The van der Waals surface area contributed by atoms with Crippen LogP contribution in [0.5, 0.6) is 0 Å². The van der Waals surface area contributed by atoms with Crippen LogP contribution in [-0.4, -0.2) is 39.5 Å². The van der Waals surface area contributed by atoms with Crippen LogP contribution in [0.3, 0.4) is 0 Å². The fourth-order valence-corrected chi connectivity index (χ4v) is 2.66. The van der Waals surface area contributed by atoms with Crippen LogP contribution < -0.4 is 0 Å². The maximum absolute atomic E-state index is 11.3. The van der Waals surface area contributed by atoms with Crippen molar-refractivity contribution in [2.75, 3.05) is 12.4 Å². The molecule has 1 aromatic heterocycles. The van der Waals surface area contributed by atoms with Gasteiger partial charge in [0.1, 0.15) is 11.4 Å². The van der Waals surface area contributed by atoms with Crippen LogP contribution in [0.1, 0.15) is 13.3 Å². The largest absolute Gasteiger partial charge is 0.466 e. The fraction of sp³-hybridized carbons (Fsp3) is 0.357. The highest BCUT2D eigenvalue weighted by atomic mass is 32.2. The molecule has 1 N–H and O–H groups in total. The van der Waals surface area contributed by atoms with Gasteiger partial charge in [-0.1, -0.05) is 18.2 Å². The van der Waals surface area contributed by atoms with E-state index in [0.29, 0.717) is 12.4 Å². The van der Waals surface area contributed by atoms with Crippen LogP contribution in [0.25, 0.3) is 10.9 Å². The van der Waals surface area contributed by atoms with Crippen molar-refractivity contribution < 1.29 is 14.6 Å². The van der Waals surface area contributed by atoms with Gasteiger partial charge < -0.3 is 9.84 Å². The third-order valence-corrected chi connectivity index (χ3v) is 3.78. The number of hydrogen-bond acceptors (Lipinski definition) is 6. The highest BCUT2D eigenvalue weighted by molar-refractivity contribution is 7.99. The average Bonchev–Trinajstić information content (AvgIpc) is 2.45. The smallest absolute Gasteiger partial charge is 0.308 e. The third-order valence-electron chi connectivity index (χ3n) is 2.63. The van der Waals surface area contributed by atoms with E-state index in [9.17, 15) is 9.90 Å². The summed E-state index contributed by atoms with van der Waals surface area (Å²) in [4.78, 5) is 19.7. The molecule has 0 aliphatic rings. The minimum absolute atomic E-state index is 0.00383. The normalized spacial score (nSPS) is 12.3. The minimum Gasteiger partial charge on any atom is -0.466 e. The molecule has 0 radical (unpaired) electrons. The number of carbonyl (C=O) groups is 1. The Morgan fingerprint density at radius 3 is 3.00 bits per heavy atom. The molecule has 106 valence electrons. The highest BCUT2D eigenvalue weighted by Crippen LogP contribution is 2.25. The number of esters is 1. The summed E-state index contributed by atoms with van der Waals surface area (Å²) in [5, 5.41) is 11.6. The fourth-order valence-electron chi connectivity index (χ4n) is 1.74.